The van der Waals surface area contributed by atoms with Crippen LogP contribution in [0.5, 0.6) is 0 Å². The van der Waals surface area contributed by atoms with Crippen LogP contribution in [0.1, 0.15) is 22.3 Å². The van der Waals surface area contributed by atoms with Crippen molar-refractivity contribution in [1.82, 2.24) is 34.7 Å². The van der Waals surface area contributed by atoms with Crippen LogP contribution in [0.4, 0.5) is 4.39 Å². The van der Waals surface area contributed by atoms with Crippen LogP contribution in [-0.2, 0) is 11.3 Å². The first kappa shape index (κ1) is 23.2. The second kappa shape index (κ2) is 9.89. The number of aryl methyl sites for hydroxylation is 1. The van der Waals surface area contributed by atoms with Gasteiger partial charge in [-0.2, -0.15) is 20.1 Å². The summed E-state index contributed by atoms with van der Waals surface area (Å²) in [4.78, 5) is 20.9. The third-order valence-corrected chi connectivity index (χ3v) is 5.45. The molecule has 1 fully saturated rings. The summed E-state index contributed by atoms with van der Waals surface area (Å²) in [5.41, 5.74) is 3.28. The fourth-order valence-electron chi connectivity index (χ4n) is 3.85. The molecule has 0 saturated carbocycles. The highest BCUT2D eigenvalue weighted by Gasteiger charge is 2.30. The Bertz CT molecular complexity index is 1260. The lowest BCUT2D eigenvalue weighted by Crippen LogP contribution is -2.48. The van der Waals surface area contributed by atoms with E-state index in [2.05, 4.69) is 20.3 Å². The summed E-state index contributed by atoms with van der Waals surface area (Å²) >= 11 is 0. The highest BCUT2D eigenvalue weighted by Crippen LogP contribution is 2.22. The molecule has 1 saturated heterocycles. The monoisotopic (exact) mass is 465 g/mol. The Morgan fingerprint density at radius 1 is 1.15 bits per heavy atom. The molecule has 1 amide bonds. The number of hydrogen-bond acceptors (Lipinski definition) is 6. The lowest BCUT2D eigenvalue weighted by Gasteiger charge is -2.36. The molecule has 1 atom stereocenters. The van der Waals surface area contributed by atoms with Crippen molar-refractivity contribution < 1.29 is 19.4 Å². The van der Waals surface area contributed by atoms with Gasteiger partial charge in [-0.3, -0.25) is 14.5 Å². The molecule has 5 rings (SSSR count). The maximum absolute atomic E-state index is 13.6. The number of pyridine rings is 1. The molecule has 3 aromatic heterocycles. The third kappa shape index (κ3) is 4.70. The minimum Gasteiger partial charge on any atom is -0.412 e. The van der Waals surface area contributed by atoms with Gasteiger partial charge in [0.25, 0.3) is 5.91 Å². The fraction of sp³-hybridized carbons (Fsp3) is 0.261. The topological polar surface area (TPSA) is 122 Å². The molecular formula is C23H24FN7O3. The molecule has 1 aliphatic heterocycles. The van der Waals surface area contributed by atoms with Crippen molar-refractivity contribution in [1.29, 1.82) is 0 Å². The Labute approximate surface area is 194 Å². The first-order chi connectivity index (χ1) is 16.1. The predicted octanol–water partition coefficient (Wildman–Crippen LogP) is 2.04. The molecule has 4 aromatic rings. The van der Waals surface area contributed by atoms with Gasteiger partial charge in [0.15, 0.2) is 6.23 Å². The van der Waals surface area contributed by atoms with Gasteiger partial charge in [0.05, 0.1) is 48.7 Å². The number of halogens is 1. The molecule has 10 nitrogen and oxygen atoms in total. The number of benzene rings is 1. The standard InChI is InChI=1S/C23H22FN7O2.H2O/c1-16-3-6-21(31-26-8-9-27-31)18(13-16)23(32)30-10-2-12-33-22(30)15-29-11-7-20(28-29)19-5-4-17(24)14-25-19;/h3-9,11,13-14,22H,2,10,12,15H2,1H3;1H2/t22-;/m0./s1. The zero-order valence-electron chi connectivity index (χ0n) is 18.5. The molecule has 11 heteroatoms. The van der Waals surface area contributed by atoms with E-state index >= 15 is 0 Å². The molecule has 0 aliphatic carbocycles. The Morgan fingerprint density at radius 2 is 1.97 bits per heavy atom. The predicted molar refractivity (Wildman–Crippen MR) is 121 cm³/mol. The van der Waals surface area contributed by atoms with Crippen LogP contribution in [0.3, 0.4) is 0 Å². The average Bonchev–Trinajstić information content (AvgIpc) is 3.52. The number of rotatable bonds is 5. The molecule has 0 unspecified atom stereocenters. The number of amides is 1. The summed E-state index contributed by atoms with van der Waals surface area (Å²) in [5.74, 6) is -0.549. The normalized spacial score (nSPS) is 15.7. The first-order valence-electron chi connectivity index (χ1n) is 10.6. The van der Waals surface area contributed by atoms with Crippen LogP contribution in [0.2, 0.25) is 0 Å². The van der Waals surface area contributed by atoms with E-state index in [0.29, 0.717) is 42.3 Å². The lowest BCUT2D eigenvalue weighted by molar-refractivity contribution is -0.0861. The molecule has 1 aromatic carbocycles. The van der Waals surface area contributed by atoms with Crippen molar-refractivity contribution in [2.24, 2.45) is 0 Å². The number of nitrogens with zero attached hydrogens (tertiary/aromatic N) is 7. The second-order valence-corrected chi connectivity index (χ2v) is 7.80. The van der Waals surface area contributed by atoms with Crippen molar-refractivity contribution in [3.63, 3.8) is 0 Å². The van der Waals surface area contributed by atoms with Gasteiger partial charge < -0.3 is 15.1 Å². The molecule has 1 aliphatic rings. The molecule has 0 radical (unpaired) electrons. The Morgan fingerprint density at radius 3 is 2.74 bits per heavy atom. The van der Waals surface area contributed by atoms with Gasteiger partial charge in [-0.1, -0.05) is 11.6 Å². The molecule has 0 spiro atoms. The van der Waals surface area contributed by atoms with Crippen LogP contribution < -0.4 is 0 Å². The van der Waals surface area contributed by atoms with Gasteiger partial charge in [0, 0.05) is 12.7 Å². The van der Waals surface area contributed by atoms with Crippen LogP contribution in [0.15, 0.2) is 61.2 Å². The van der Waals surface area contributed by atoms with E-state index in [1.54, 1.807) is 40.3 Å². The summed E-state index contributed by atoms with van der Waals surface area (Å²) < 4.78 is 20.8. The van der Waals surface area contributed by atoms with E-state index in [-0.39, 0.29) is 11.4 Å². The van der Waals surface area contributed by atoms with E-state index in [0.717, 1.165) is 18.2 Å². The third-order valence-electron chi connectivity index (χ3n) is 5.45. The number of ether oxygens (including phenoxy) is 1. The van der Waals surface area contributed by atoms with Gasteiger partial charge >= 0.3 is 0 Å². The van der Waals surface area contributed by atoms with Gasteiger partial charge in [-0.15, -0.1) is 0 Å². The lowest BCUT2D eigenvalue weighted by atomic mass is 10.1. The maximum atomic E-state index is 13.6. The summed E-state index contributed by atoms with van der Waals surface area (Å²) in [5, 5.41) is 12.9. The molecular weight excluding hydrogens is 441 g/mol. The van der Waals surface area contributed by atoms with Crippen LogP contribution in [0, 0.1) is 12.7 Å². The van der Waals surface area contributed by atoms with Gasteiger partial charge in [0.1, 0.15) is 11.5 Å². The second-order valence-electron chi connectivity index (χ2n) is 7.80. The highest BCUT2D eigenvalue weighted by atomic mass is 19.1. The zero-order chi connectivity index (χ0) is 22.8. The molecule has 4 heterocycles. The summed E-state index contributed by atoms with van der Waals surface area (Å²) in [7, 11) is 0. The van der Waals surface area contributed by atoms with Crippen LogP contribution in [-0.4, -0.2) is 65.4 Å². The molecule has 176 valence electrons. The van der Waals surface area contributed by atoms with Gasteiger partial charge in [-0.05, 0) is 43.7 Å². The largest absolute Gasteiger partial charge is 0.412 e. The SMILES string of the molecule is Cc1ccc(-n2nccn2)c(C(=O)N2CCCO[C@H]2Cn2ccc(-c3ccc(F)cn3)n2)c1.O. The Balaban J connectivity index is 0.00000274. The zero-order valence-corrected chi connectivity index (χ0v) is 18.5. The van der Waals surface area contributed by atoms with E-state index in [9.17, 15) is 9.18 Å². The van der Waals surface area contributed by atoms with Crippen molar-refractivity contribution in [3.05, 3.63) is 78.1 Å². The Kier molecular flexibility index (Phi) is 6.75. The van der Waals surface area contributed by atoms with E-state index < -0.39 is 12.0 Å². The van der Waals surface area contributed by atoms with Crippen LogP contribution >= 0.6 is 0 Å². The maximum Gasteiger partial charge on any atom is 0.258 e. The van der Waals surface area contributed by atoms with Crippen molar-refractivity contribution in [2.75, 3.05) is 13.2 Å². The van der Waals surface area contributed by atoms with Gasteiger partial charge in [0.2, 0.25) is 0 Å². The summed E-state index contributed by atoms with van der Waals surface area (Å²) in [6.45, 7) is 3.42. The minimum absolute atomic E-state index is 0. The number of carbonyl (C=O) groups excluding carboxylic acids is 1. The average molecular weight is 465 g/mol. The van der Waals surface area contributed by atoms with Gasteiger partial charge in [-0.25, -0.2) is 4.39 Å². The quantitative estimate of drug-likeness (QED) is 0.444. The minimum atomic E-state index is -0.487. The number of aromatic nitrogens is 6. The first-order valence-corrected chi connectivity index (χ1v) is 10.6. The molecule has 34 heavy (non-hydrogen) atoms. The Hall–Kier alpha value is -3.96. The number of hydrogen-bond donors (Lipinski definition) is 0. The highest BCUT2D eigenvalue weighted by molar-refractivity contribution is 5.98. The van der Waals surface area contributed by atoms with Crippen molar-refractivity contribution >= 4 is 5.91 Å². The number of carbonyl (C=O) groups is 1. The summed E-state index contributed by atoms with van der Waals surface area (Å²) in [6, 6.07) is 10.3. The fourth-order valence-corrected chi connectivity index (χ4v) is 3.85. The van der Waals surface area contributed by atoms with Crippen molar-refractivity contribution in [2.45, 2.75) is 26.1 Å². The molecule has 2 N–H and O–H groups in total. The summed E-state index contributed by atoms with van der Waals surface area (Å²) in [6.07, 6.45) is 6.37. The van der Waals surface area contributed by atoms with E-state index in [1.165, 1.54) is 10.9 Å². The molecule has 0 bridgehead atoms. The van der Waals surface area contributed by atoms with E-state index in [1.807, 2.05) is 25.1 Å². The van der Waals surface area contributed by atoms with Crippen LogP contribution in [0.25, 0.3) is 17.1 Å². The van der Waals surface area contributed by atoms with Crippen molar-refractivity contribution in [3.8, 4) is 17.1 Å². The smallest absolute Gasteiger partial charge is 0.258 e. The van der Waals surface area contributed by atoms with E-state index in [4.69, 9.17) is 4.74 Å².